The molecule has 1 aliphatic carbocycles. The van der Waals surface area contributed by atoms with Gasteiger partial charge >= 0.3 is 0 Å². The Morgan fingerprint density at radius 1 is 1.25 bits per heavy atom. The third-order valence-corrected chi connectivity index (χ3v) is 4.14. The lowest BCUT2D eigenvalue weighted by Crippen LogP contribution is -2.50. The van der Waals surface area contributed by atoms with Gasteiger partial charge in [-0.3, -0.25) is 4.79 Å². The molecule has 6 nitrogen and oxygen atoms in total. The van der Waals surface area contributed by atoms with Crippen molar-refractivity contribution in [2.24, 2.45) is 5.92 Å². The molecule has 0 bridgehead atoms. The van der Waals surface area contributed by atoms with Gasteiger partial charge in [-0.05, 0) is 38.0 Å². The fourth-order valence-corrected chi connectivity index (χ4v) is 3.18. The molecule has 118 valence electrons. The van der Waals surface area contributed by atoms with Gasteiger partial charge in [0, 0.05) is 6.04 Å². The van der Waals surface area contributed by atoms with Crippen molar-refractivity contribution in [2.75, 3.05) is 6.26 Å². The molecule has 0 spiro atoms. The van der Waals surface area contributed by atoms with Crippen molar-refractivity contribution in [3.05, 3.63) is 0 Å². The van der Waals surface area contributed by atoms with E-state index in [4.69, 9.17) is 0 Å². The molecule has 1 amide bonds. The molecule has 1 saturated carbocycles. The second-order valence-corrected chi connectivity index (χ2v) is 7.87. The van der Waals surface area contributed by atoms with Crippen molar-refractivity contribution < 1.29 is 18.3 Å². The van der Waals surface area contributed by atoms with Gasteiger partial charge in [-0.1, -0.05) is 13.8 Å². The Bertz CT molecular complexity index is 414. The minimum atomic E-state index is -3.41. The first-order valence-electron chi connectivity index (χ1n) is 7.13. The number of rotatable bonds is 6. The van der Waals surface area contributed by atoms with Gasteiger partial charge in [-0.15, -0.1) is 0 Å². The van der Waals surface area contributed by atoms with Crippen molar-refractivity contribution in [3.8, 4) is 0 Å². The van der Waals surface area contributed by atoms with Gasteiger partial charge in [-0.2, -0.15) is 0 Å². The van der Waals surface area contributed by atoms with Gasteiger partial charge in [0.2, 0.25) is 15.9 Å². The standard InChI is InChI=1S/C13H26N2O4S/c1-9(2)8-12(15-20(3,18)19)13(17)14-10-4-6-11(16)7-5-10/h9-12,15-16H,4-8H2,1-3H3,(H,14,17). The van der Waals surface area contributed by atoms with Crippen molar-refractivity contribution in [1.82, 2.24) is 10.0 Å². The maximum absolute atomic E-state index is 12.2. The van der Waals surface area contributed by atoms with Crippen molar-refractivity contribution in [3.63, 3.8) is 0 Å². The summed E-state index contributed by atoms with van der Waals surface area (Å²) in [7, 11) is -3.41. The highest BCUT2D eigenvalue weighted by Gasteiger charge is 2.27. The van der Waals surface area contributed by atoms with Crippen LogP contribution >= 0.6 is 0 Å². The van der Waals surface area contributed by atoms with Crippen LogP contribution in [0.2, 0.25) is 0 Å². The van der Waals surface area contributed by atoms with Gasteiger partial charge in [0.25, 0.3) is 0 Å². The second-order valence-electron chi connectivity index (χ2n) is 6.09. The normalized spacial score (nSPS) is 25.4. The molecule has 7 heteroatoms. The van der Waals surface area contributed by atoms with Crippen molar-refractivity contribution >= 4 is 15.9 Å². The summed E-state index contributed by atoms with van der Waals surface area (Å²) >= 11 is 0. The highest BCUT2D eigenvalue weighted by atomic mass is 32.2. The summed E-state index contributed by atoms with van der Waals surface area (Å²) in [6, 6.07) is -0.696. The largest absolute Gasteiger partial charge is 0.393 e. The van der Waals surface area contributed by atoms with Gasteiger partial charge in [0.05, 0.1) is 12.4 Å². The van der Waals surface area contributed by atoms with E-state index in [0.717, 1.165) is 19.1 Å². The smallest absolute Gasteiger partial charge is 0.238 e. The lowest BCUT2D eigenvalue weighted by atomic mass is 9.92. The molecule has 0 heterocycles. The summed E-state index contributed by atoms with van der Waals surface area (Å²) in [4.78, 5) is 12.2. The quantitative estimate of drug-likeness (QED) is 0.660. The maximum Gasteiger partial charge on any atom is 0.238 e. The molecule has 0 saturated heterocycles. The van der Waals surface area contributed by atoms with E-state index in [0.29, 0.717) is 19.3 Å². The van der Waals surface area contributed by atoms with Gasteiger partial charge in [0.15, 0.2) is 0 Å². The second kappa shape index (κ2) is 7.38. The lowest BCUT2D eigenvalue weighted by Gasteiger charge is -2.28. The van der Waals surface area contributed by atoms with Crippen LogP contribution in [0.5, 0.6) is 0 Å². The summed E-state index contributed by atoms with van der Waals surface area (Å²) in [5.41, 5.74) is 0. The molecule has 1 aliphatic rings. The first kappa shape index (κ1) is 17.4. The van der Waals surface area contributed by atoms with E-state index in [1.54, 1.807) is 0 Å². The molecular weight excluding hydrogens is 280 g/mol. The van der Waals surface area contributed by atoms with Crippen LogP contribution in [0.1, 0.15) is 46.0 Å². The molecule has 1 rings (SSSR count). The van der Waals surface area contributed by atoms with Crippen LogP contribution < -0.4 is 10.0 Å². The molecular formula is C13H26N2O4S. The maximum atomic E-state index is 12.2. The molecule has 1 unspecified atom stereocenters. The van der Waals surface area contributed by atoms with Crippen LogP contribution in [0.4, 0.5) is 0 Å². The predicted molar refractivity (Wildman–Crippen MR) is 77.6 cm³/mol. The molecule has 0 aromatic carbocycles. The zero-order valence-electron chi connectivity index (χ0n) is 12.4. The Morgan fingerprint density at radius 3 is 2.25 bits per heavy atom. The van der Waals surface area contributed by atoms with E-state index in [9.17, 15) is 18.3 Å². The number of amides is 1. The van der Waals surface area contributed by atoms with Gasteiger partial charge in [-0.25, -0.2) is 13.1 Å². The first-order chi connectivity index (χ1) is 9.17. The zero-order valence-corrected chi connectivity index (χ0v) is 13.2. The summed E-state index contributed by atoms with van der Waals surface area (Å²) in [5, 5.41) is 12.3. The van der Waals surface area contributed by atoms with E-state index >= 15 is 0 Å². The van der Waals surface area contributed by atoms with E-state index in [1.807, 2.05) is 13.8 Å². The van der Waals surface area contributed by atoms with Gasteiger partial charge < -0.3 is 10.4 Å². The summed E-state index contributed by atoms with van der Waals surface area (Å²) in [6.45, 7) is 3.89. The van der Waals surface area contributed by atoms with E-state index in [-0.39, 0.29) is 24.0 Å². The monoisotopic (exact) mass is 306 g/mol. The summed E-state index contributed by atoms with van der Waals surface area (Å²) in [5.74, 6) is -0.0568. The third-order valence-electron chi connectivity index (χ3n) is 3.42. The van der Waals surface area contributed by atoms with Crippen LogP contribution in [0, 0.1) is 5.92 Å². The number of aliphatic hydroxyl groups excluding tert-OH is 1. The Kier molecular flexibility index (Phi) is 6.42. The predicted octanol–water partition coefficient (Wildman–Crippen LogP) is 0.370. The summed E-state index contributed by atoms with van der Waals surface area (Å²) in [6.07, 6.45) is 4.08. The summed E-state index contributed by atoms with van der Waals surface area (Å²) < 4.78 is 25.1. The third kappa shape index (κ3) is 6.67. The Labute approximate surface area is 121 Å². The van der Waals surface area contributed by atoms with Crippen LogP contribution in [0.3, 0.4) is 0 Å². The van der Waals surface area contributed by atoms with Crippen molar-refractivity contribution in [1.29, 1.82) is 0 Å². The highest BCUT2D eigenvalue weighted by molar-refractivity contribution is 7.88. The van der Waals surface area contributed by atoms with Crippen LogP contribution in [0.15, 0.2) is 0 Å². The average molecular weight is 306 g/mol. The fraction of sp³-hybridized carbons (Fsp3) is 0.923. The molecule has 3 N–H and O–H groups in total. The molecule has 0 aliphatic heterocycles. The number of carbonyl (C=O) groups excluding carboxylic acids is 1. The number of sulfonamides is 1. The van der Waals surface area contributed by atoms with Crippen molar-refractivity contribution in [2.45, 2.75) is 64.1 Å². The molecule has 0 radical (unpaired) electrons. The highest BCUT2D eigenvalue weighted by Crippen LogP contribution is 2.18. The minimum absolute atomic E-state index is 0.0296. The fourth-order valence-electron chi connectivity index (χ4n) is 2.46. The molecule has 1 fully saturated rings. The van der Waals surface area contributed by atoms with E-state index in [1.165, 1.54) is 0 Å². The lowest BCUT2D eigenvalue weighted by molar-refractivity contribution is -0.124. The number of hydrogen-bond donors (Lipinski definition) is 3. The average Bonchev–Trinajstić information content (AvgIpc) is 2.29. The number of carbonyl (C=O) groups is 1. The Morgan fingerprint density at radius 2 is 1.80 bits per heavy atom. The van der Waals surface area contributed by atoms with E-state index < -0.39 is 16.1 Å². The van der Waals surface area contributed by atoms with E-state index in [2.05, 4.69) is 10.0 Å². The van der Waals surface area contributed by atoms with Gasteiger partial charge in [0.1, 0.15) is 6.04 Å². The zero-order chi connectivity index (χ0) is 15.3. The molecule has 0 aromatic rings. The number of nitrogens with one attached hydrogen (secondary N) is 2. The number of hydrogen-bond acceptors (Lipinski definition) is 4. The topological polar surface area (TPSA) is 95.5 Å². The molecule has 1 atom stereocenters. The Balaban J connectivity index is 2.58. The Hall–Kier alpha value is -0.660. The SMILES string of the molecule is CC(C)CC(NS(C)(=O)=O)C(=O)NC1CCC(O)CC1. The first-order valence-corrected chi connectivity index (χ1v) is 9.02. The van der Waals surface area contributed by atoms with Crippen LogP contribution in [-0.4, -0.2) is 43.9 Å². The minimum Gasteiger partial charge on any atom is -0.393 e. The van der Waals surface area contributed by atoms with Crippen LogP contribution in [0.25, 0.3) is 0 Å². The van der Waals surface area contributed by atoms with Crippen LogP contribution in [-0.2, 0) is 14.8 Å². The molecule has 20 heavy (non-hydrogen) atoms. The number of aliphatic hydroxyl groups is 1. The molecule has 0 aromatic heterocycles.